The number of benzene rings is 1. The van der Waals surface area contributed by atoms with Crippen LogP contribution in [0.15, 0.2) is 30.3 Å². The van der Waals surface area contributed by atoms with Crippen molar-refractivity contribution in [2.24, 2.45) is 0 Å². The van der Waals surface area contributed by atoms with Gasteiger partial charge in [-0.25, -0.2) is 4.79 Å². The predicted molar refractivity (Wildman–Crippen MR) is 68.1 cm³/mol. The highest BCUT2D eigenvalue weighted by molar-refractivity contribution is 5.67. The molecule has 1 rings (SSSR count). The van der Waals surface area contributed by atoms with E-state index in [1.54, 1.807) is 11.9 Å². The molecule has 0 aliphatic rings. The van der Waals surface area contributed by atoms with Crippen LogP contribution < -0.4 is 5.32 Å². The highest BCUT2D eigenvalue weighted by atomic mass is 16.6. The molecule has 0 bridgehead atoms. The molecule has 4 heteroatoms. The Bertz CT molecular complexity index is 327. The highest BCUT2D eigenvalue weighted by Crippen LogP contribution is 2.00. The molecule has 0 aromatic heterocycles. The molecule has 0 aliphatic heterocycles. The van der Waals surface area contributed by atoms with Gasteiger partial charge in [-0.05, 0) is 12.6 Å². The first-order valence-corrected chi connectivity index (χ1v) is 5.80. The summed E-state index contributed by atoms with van der Waals surface area (Å²) < 4.78 is 5.16. The van der Waals surface area contributed by atoms with Gasteiger partial charge in [-0.15, -0.1) is 0 Å². The van der Waals surface area contributed by atoms with Crippen LogP contribution in [0.2, 0.25) is 0 Å². The van der Waals surface area contributed by atoms with Crippen molar-refractivity contribution in [3.63, 3.8) is 0 Å². The Hall–Kier alpha value is -1.55. The molecule has 0 radical (unpaired) electrons. The van der Waals surface area contributed by atoms with Crippen molar-refractivity contribution in [3.8, 4) is 0 Å². The van der Waals surface area contributed by atoms with E-state index >= 15 is 0 Å². The summed E-state index contributed by atoms with van der Waals surface area (Å²) in [5.74, 6) is 0. The number of amides is 1. The summed E-state index contributed by atoms with van der Waals surface area (Å²) in [6, 6.07) is 9.99. The number of ether oxygens (including phenoxy) is 1. The third kappa shape index (κ3) is 5.36. The Morgan fingerprint density at radius 3 is 2.71 bits per heavy atom. The van der Waals surface area contributed by atoms with E-state index in [-0.39, 0.29) is 6.09 Å². The monoisotopic (exact) mass is 236 g/mol. The minimum absolute atomic E-state index is 0.267. The second-order valence-corrected chi connectivity index (χ2v) is 3.88. The average molecular weight is 236 g/mol. The Morgan fingerprint density at radius 1 is 1.35 bits per heavy atom. The van der Waals surface area contributed by atoms with Gasteiger partial charge >= 0.3 is 6.09 Å². The second-order valence-electron chi connectivity index (χ2n) is 3.88. The first-order valence-electron chi connectivity index (χ1n) is 5.80. The maximum absolute atomic E-state index is 11.5. The zero-order chi connectivity index (χ0) is 12.5. The fraction of sp³-hybridized carbons (Fsp3) is 0.462. The number of likely N-dealkylation sites (N-methyl/N-ethyl adjacent to an activating group) is 2. The quantitative estimate of drug-likeness (QED) is 0.814. The van der Waals surface area contributed by atoms with Gasteiger partial charge in [-0.2, -0.15) is 0 Å². The zero-order valence-electron chi connectivity index (χ0n) is 10.5. The van der Waals surface area contributed by atoms with Gasteiger partial charge in [-0.3, -0.25) is 0 Å². The van der Waals surface area contributed by atoms with E-state index in [0.29, 0.717) is 13.2 Å². The van der Waals surface area contributed by atoms with Gasteiger partial charge in [0.25, 0.3) is 0 Å². The Labute approximate surface area is 103 Å². The Balaban J connectivity index is 2.20. The molecule has 1 aromatic carbocycles. The van der Waals surface area contributed by atoms with E-state index in [1.165, 1.54) is 5.56 Å². The smallest absolute Gasteiger partial charge is 0.409 e. The number of carbonyl (C=O) groups excluding carboxylic acids is 1. The molecule has 0 heterocycles. The SMILES string of the molecule is CNCCN(C)C(=O)OCCc1ccccc1. The van der Waals surface area contributed by atoms with Crippen molar-refractivity contribution in [3.05, 3.63) is 35.9 Å². The van der Waals surface area contributed by atoms with Crippen molar-refractivity contribution in [2.45, 2.75) is 6.42 Å². The van der Waals surface area contributed by atoms with E-state index in [9.17, 15) is 4.79 Å². The second kappa shape index (κ2) is 7.68. The topological polar surface area (TPSA) is 41.6 Å². The van der Waals surface area contributed by atoms with Crippen LogP contribution in [0.25, 0.3) is 0 Å². The maximum Gasteiger partial charge on any atom is 0.409 e. The molecule has 94 valence electrons. The Morgan fingerprint density at radius 2 is 2.06 bits per heavy atom. The molecule has 1 N–H and O–H groups in total. The van der Waals surface area contributed by atoms with E-state index in [4.69, 9.17) is 4.74 Å². The predicted octanol–water partition coefficient (Wildman–Crippen LogP) is 1.52. The lowest BCUT2D eigenvalue weighted by molar-refractivity contribution is 0.112. The van der Waals surface area contributed by atoms with Crippen LogP contribution in [-0.4, -0.2) is 44.8 Å². The van der Waals surface area contributed by atoms with Crippen LogP contribution in [0, 0.1) is 0 Å². The largest absolute Gasteiger partial charge is 0.449 e. The van der Waals surface area contributed by atoms with Crippen molar-refractivity contribution in [1.82, 2.24) is 10.2 Å². The molecule has 1 aromatic rings. The van der Waals surface area contributed by atoms with Gasteiger partial charge in [-0.1, -0.05) is 30.3 Å². The van der Waals surface area contributed by atoms with E-state index in [1.807, 2.05) is 37.4 Å². The zero-order valence-corrected chi connectivity index (χ0v) is 10.5. The van der Waals surface area contributed by atoms with Crippen LogP contribution in [0.5, 0.6) is 0 Å². The van der Waals surface area contributed by atoms with Crippen LogP contribution >= 0.6 is 0 Å². The number of hydrogen-bond acceptors (Lipinski definition) is 3. The highest BCUT2D eigenvalue weighted by Gasteiger charge is 2.08. The van der Waals surface area contributed by atoms with E-state index in [2.05, 4.69) is 5.32 Å². The maximum atomic E-state index is 11.5. The summed E-state index contributed by atoms with van der Waals surface area (Å²) in [5.41, 5.74) is 1.18. The van der Waals surface area contributed by atoms with Crippen LogP contribution in [0.4, 0.5) is 4.79 Å². The van der Waals surface area contributed by atoms with E-state index in [0.717, 1.165) is 13.0 Å². The fourth-order valence-electron chi connectivity index (χ4n) is 1.38. The van der Waals surface area contributed by atoms with Gasteiger partial charge < -0.3 is 15.0 Å². The van der Waals surface area contributed by atoms with Crippen LogP contribution in [0.3, 0.4) is 0 Å². The van der Waals surface area contributed by atoms with Gasteiger partial charge in [0.1, 0.15) is 0 Å². The third-order valence-corrected chi connectivity index (χ3v) is 2.47. The average Bonchev–Trinajstić information content (AvgIpc) is 2.37. The number of hydrogen-bond donors (Lipinski definition) is 1. The summed E-state index contributed by atoms with van der Waals surface area (Å²) >= 11 is 0. The standard InChI is InChI=1S/C13H20N2O2/c1-14-9-10-15(2)13(16)17-11-8-12-6-4-3-5-7-12/h3-7,14H,8-11H2,1-2H3. The molecule has 0 unspecified atom stereocenters. The molecule has 17 heavy (non-hydrogen) atoms. The van der Waals surface area contributed by atoms with Crippen LogP contribution in [0.1, 0.15) is 5.56 Å². The number of nitrogens with zero attached hydrogens (tertiary/aromatic N) is 1. The van der Waals surface area contributed by atoms with Crippen molar-refractivity contribution in [1.29, 1.82) is 0 Å². The number of nitrogens with one attached hydrogen (secondary N) is 1. The van der Waals surface area contributed by atoms with E-state index < -0.39 is 0 Å². The summed E-state index contributed by atoms with van der Waals surface area (Å²) in [5, 5.41) is 2.99. The molecular formula is C13H20N2O2. The van der Waals surface area contributed by atoms with Gasteiger partial charge in [0.05, 0.1) is 6.61 Å². The summed E-state index contributed by atoms with van der Waals surface area (Å²) in [6.45, 7) is 1.84. The lowest BCUT2D eigenvalue weighted by Crippen LogP contribution is -2.33. The molecule has 0 fully saturated rings. The molecule has 0 spiro atoms. The minimum Gasteiger partial charge on any atom is -0.449 e. The third-order valence-electron chi connectivity index (χ3n) is 2.47. The number of carbonyl (C=O) groups is 1. The summed E-state index contributed by atoms with van der Waals surface area (Å²) in [7, 11) is 3.59. The van der Waals surface area contributed by atoms with Gasteiger partial charge in [0, 0.05) is 26.6 Å². The van der Waals surface area contributed by atoms with Crippen LogP contribution in [-0.2, 0) is 11.2 Å². The van der Waals surface area contributed by atoms with Crippen molar-refractivity contribution >= 4 is 6.09 Å². The summed E-state index contributed by atoms with van der Waals surface area (Å²) in [6.07, 6.45) is 0.489. The molecule has 0 atom stereocenters. The van der Waals surface area contributed by atoms with Gasteiger partial charge in [0.2, 0.25) is 0 Å². The normalized spacial score (nSPS) is 10.0. The first-order chi connectivity index (χ1) is 8.24. The molecule has 4 nitrogen and oxygen atoms in total. The minimum atomic E-state index is -0.267. The fourth-order valence-corrected chi connectivity index (χ4v) is 1.38. The lowest BCUT2D eigenvalue weighted by atomic mass is 10.2. The molecule has 0 saturated carbocycles. The summed E-state index contributed by atoms with van der Waals surface area (Å²) in [4.78, 5) is 13.1. The molecule has 1 amide bonds. The molecular weight excluding hydrogens is 216 g/mol. The first kappa shape index (κ1) is 13.5. The Kier molecular flexibility index (Phi) is 6.10. The van der Waals surface area contributed by atoms with Crippen molar-refractivity contribution < 1.29 is 9.53 Å². The lowest BCUT2D eigenvalue weighted by Gasteiger charge is -2.16. The number of rotatable bonds is 6. The van der Waals surface area contributed by atoms with Crippen molar-refractivity contribution in [2.75, 3.05) is 33.8 Å². The van der Waals surface area contributed by atoms with Gasteiger partial charge in [0.15, 0.2) is 0 Å². The molecule has 0 aliphatic carbocycles. The molecule has 0 saturated heterocycles.